The number of rotatable bonds is 7. The Hall–Kier alpha value is -1.60. The lowest BCUT2D eigenvalue weighted by Crippen LogP contribution is -2.11. The molecule has 0 bridgehead atoms. The van der Waals surface area contributed by atoms with E-state index in [0.717, 1.165) is 0 Å². The van der Waals surface area contributed by atoms with E-state index >= 15 is 0 Å². The van der Waals surface area contributed by atoms with Gasteiger partial charge in [-0.2, -0.15) is 13.2 Å². The number of hydrogen-bond acceptors (Lipinski definition) is 3. The maximum absolute atomic E-state index is 13.4. The SMILES string of the molecule is CCNc1nc(NCCCCC(F)(F)F)c(F)cc1F. The average Bonchev–Trinajstić information content (AvgIpc) is 2.32. The Bertz CT molecular complexity index is 434. The lowest BCUT2D eigenvalue weighted by atomic mass is 10.2. The lowest BCUT2D eigenvalue weighted by molar-refractivity contribution is -0.135. The number of nitrogens with one attached hydrogen (secondary N) is 2. The Morgan fingerprint density at radius 3 is 2.20 bits per heavy atom. The Kier molecular flexibility index (Phi) is 5.97. The van der Waals surface area contributed by atoms with Gasteiger partial charge < -0.3 is 10.6 Å². The molecule has 1 aromatic heterocycles. The fraction of sp³-hybridized carbons (Fsp3) is 0.583. The maximum atomic E-state index is 13.4. The fourth-order valence-electron chi connectivity index (χ4n) is 1.54. The van der Waals surface area contributed by atoms with Crippen molar-refractivity contribution in [2.45, 2.75) is 32.4 Å². The molecule has 0 spiro atoms. The molecule has 0 amide bonds. The first-order valence-electron chi connectivity index (χ1n) is 6.24. The summed E-state index contributed by atoms with van der Waals surface area (Å²) >= 11 is 0. The Balaban J connectivity index is 2.49. The zero-order valence-electron chi connectivity index (χ0n) is 10.9. The van der Waals surface area contributed by atoms with E-state index in [4.69, 9.17) is 0 Å². The van der Waals surface area contributed by atoms with Gasteiger partial charge >= 0.3 is 6.18 Å². The number of nitrogens with zero attached hydrogens (tertiary/aromatic N) is 1. The van der Waals surface area contributed by atoms with Gasteiger partial charge in [-0.15, -0.1) is 0 Å². The molecular weight excluding hydrogens is 281 g/mol. The van der Waals surface area contributed by atoms with Crippen LogP contribution in [0.5, 0.6) is 0 Å². The topological polar surface area (TPSA) is 37.0 Å². The molecule has 1 aromatic rings. The van der Waals surface area contributed by atoms with E-state index in [1.54, 1.807) is 6.92 Å². The van der Waals surface area contributed by atoms with E-state index in [-0.39, 0.29) is 31.0 Å². The second-order valence-electron chi connectivity index (χ2n) is 4.18. The van der Waals surface area contributed by atoms with Gasteiger partial charge in [-0.3, -0.25) is 0 Å². The van der Waals surface area contributed by atoms with Gasteiger partial charge in [0, 0.05) is 25.6 Å². The van der Waals surface area contributed by atoms with E-state index in [2.05, 4.69) is 15.6 Å². The lowest BCUT2D eigenvalue weighted by Gasteiger charge is -2.10. The zero-order valence-corrected chi connectivity index (χ0v) is 10.9. The summed E-state index contributed by atoms with van der Waals surface area (Å²) in [6.07, 6.45) is -4.90. The fourth-order valence-corrected chi connectivity index (χ4v) is 1.54. The maximum Gasteiger partial charge on any atom is 0.389 e. The van der Waals surface area contributed by atoms with E-state index in [0.29, 0.717) is 12.6 Å². The van der Waals surface area contributed by atoms with Gasteiger partial charge in [0.1, 0.15) is 0 Å². The molecule has 3 nitrogen and oxygen atoms in total. The van der Waals surface area contributed by atoms with Crippen molar-refractivity contribution >= 4 is 11.6 Å². The Morgan fingerprint density at radius 1 is 1.05 bits per heavy atom. The minimum absolute atomic E-state index is 0.0562. The van der Waals surface area contributed by atoms with Crippen LogP contribution in [0.25, 0.3) is 0 Å². The summed E-state index contributed by atoms with van der Waals surface area (Å²) < 4.78 is 62.4. The number of aromatic nitrogens is 1. The van der Waals surface area contributed by atoms with E-state index in [9.17, 15) is 22.0 Å². The summed E-state index contributed by atoms with van der Waals surface area (Å²) in [6, 6.07) is 0.684. The van der Waals surface area contributed by atoms with Gasteiger partial charge in [-0.05, 0) is 19.8 Å². The summed E-state index contributed by atoms with van der Waals surface area (Å²) in [6.45, 7) is 2.28. The first-order valence-corrected chi connectivity index (χ1v) is 6.24. The van der Waals surface area contributed by atoms with Crippen molar-refractivity contribution in [2.75, 3.05) is 23.7 Å². The summed E-state index contributed by atoms with van der Waals surface area (Å²) in [5.74, 6) is -1.95. The highest BCUT2D eigenvalue weighted by molar-refractivity contribution is 5.47. The molecule has 20 heavy (non-hydrogen) atoms. The normalized spacial score (nSPS) is 11.5. The molecule has 0 fully saturated rings. The highest BCUT2D eigenvalue weighted by Crippen LogP contribution is 2.22. The number of halogens is 5. The number of hydrogen-bond donors (Lipinski definition) is 2. The number of anilines is 2. The third kappa shape index (κ3) is 5.58. The Morgan fingerprint density at radius 2 is 1.65 bits per heavy atom. The third-order valence-corrected chi connectivity index (χ3v) is 2.45. The first-order chi connectivity index (χ1) is 9.33. The highest BCUT2D eigenvalue weighted by Gasteiger charge is 2.25. The molecule has 0 saturated carbocycles. The molecule has 0 radical (unpaired) electrons. The summed E-state index contributed by atoms with van der Waals surface area (Å²) in [5.41, 5.74) is 0. The van der Waals surface area contributed by atoms with E-state index in [1.165, 1.54) is 0 Å². The van der Waals surface area contributed by atoms with Crippen LogP contribution >= 0.6 is 0 Å². The molecule has 2 N–H and O–H groups in total. The van der Waals surface area contributed by atoms with Crippen LogP contribution in [0.3, 0.4) is 0 Å². The number of alkyl halides is 3. The van der Waals surface area contributed by atoms with Gasteiger partial charge in [0.15, 0.2) is 23.3 Å². The molecule has 0 unspecified atom stereocenters. The molecule has 114 valence electrons. The van der Waals surface area contributed by atoms with Crippen molar-refractivity contribution in [3.63, 3.8) is 0 Å². The van der Waals surface area contributed by atoms with Crippen molar-refractivity contribution in [3.05, 3.63) is 17.7 Å². The largest absolute Gasteiger partial charge is 0.389 e. The molecule has 0 aliphatic carbocycles. The van der Waals surface area contributed by atoms with Crippen molar-refractivity contribution in [1.82, 2.24) is 4.98 Å². The second-order valence-corrected chi connectivity index (χ2v) is 4.18. The minimum atomic E-state index is -4.18. The molecule has 0 aliphatic rings. The van der Waals surface area contributed by atoms with E-state index < -0.39 is 24.2 Å². The molecule has 1 rings (SSSR count). The van der Waals surface area contributed by atoms with Crippen LogP contribution in [-0.2, 0) is 0 Å². The molecule has 8 heteroatoms. The van der Waals surface area contributed by atoms with Gasteiger partial charge in [0.2, 0.25) is 0 Å². The zero-order chi connectivity index (χ0) is 15.2. The molecule has 0 saturated heterocycles. The van der Waals surface area contributed by atoms with Gasteiger partial charge in [0.05, 0.1) is 0 Å². The first kappa shape index (κ1) is 16.5. The van der Waals surface area contributed by atoms with Crippen molar-refractivity contribution in [2.24, 2.45) is 0 Å². The second kappa shape index (κ2) is 7.25. The average molecular weight is 297 g/mol. The van der Waals surface area contributed by atoms with E-state index in [1.807, 2.05) is 0 Å². The van der Waals surface area contributed by atoms with Crippen LogP contribution in [0.4, 0.5) is 33.6 Å². The minimum Gasteiger partial charge on any atom is -0.368 e. The molecular formula is C12H16F5N3. The predicted molar refractivity (Wildman–Crippen MR) is 66.7 cm³/mol. The summed E-state index contributed by atoms with van der Waals surface area (Å²) in [4.78, 5) is 3.71. The van der Waals surface area contributed by atoms with Crippen molar-refractivity contribution in [1.29, 1.82) is 0 Å². The molecule has 0 aromatic carbocycles. The molecule has 0 atom stereocenters. The number of pyridine rings is 1. The van der Waals surface area contributed by atoms with Crippen LogP contribution in [-0.4, -0.2) is 24.2 Å². The van der Waals surface area contributed by atoms with Crippen LogP contribution < -0.4 is 10.6 Å². The van der Waals surface area contributed by atoms with Gasteiger partial charge in [-0.1, -0.05) is 0 Å². The predicted octanol–water partition coefficient (Wildman–Crippen LogP) is 3.94. The van der Waals surface area contributed by atoms with Crippen molar-refractivity contribution in [3.8, 4) is 0 Å². The van der Waals surface area contributed by atoms with Crippen LogP contribution in [0.15, 0.2) is 6.07 Å². The monoisotopic (exact) mass is 297 g/mol. The summed E-state index contributed by atoms with van der Waals surface area (Å²) in [7, 11) is 0. The molecule has 1 heterocycles. The standard InChI is InChI=1S/C12H16F5N3/c1-2-18-10-8(13)7-9(14)11(20-10)19-6-4-3-5-12(15,16)17/h7H,2-6H2,1H3,(H2,18,19,20). The smallest absolute Gasteiger partial charge is 0.368 e. The number of unbranched alkanes of at least 4 members (excludes halogenated alkanes) is 1. The van der Waals surface area contributed by atoms with Crippen LogP contribution in [0.2, 0.25) is 0 Å². The Labute approximate surface area is 113 Å². The summed E-state index contributed by atoms with van der Waals surface area (Å²) in [5, 5.41) is 5.19. The van der Waals surface area contributed by atoms with Crippen LogP contribution in [0, 0.1) is 11.6 Å². The van der Waals surface area contributed by atoms with Crippen molar-refractivity contribution < 1.29 is 22.0 Å². The quantitative estimate of drug-likeness (QED) is 0.591. The molecule has 0 aliphatic heterocycles. The van der Waals surface area contributed by atoms with Gasteiger partial charge in [0.25, 0.3) is 0 Å². The van der Waals surface area contributed by atoms with Gasteiger partial charge in [-0.25, -0.2) is 13.8 Å². The third-order valence-electron chi connectivity index (χ3n) is 2.45. The highest BCUT2D eigenvalue weighted by atomic mass is 19.4. The van der Waals surface area contributed by atoms with Crippen LogP contribution in [0.1, 0.15) is 26.2 Å².